The molecule has 18 heavy (non-hydrogen) atoms. The molecule has 1 heterocycles. The molecule has 108 valence electrons. The first-order valence-electron chi connectivity index (χ1n) is 6.29. The lowest BCUT2D eigenvalue weighted by Crippen LogP contribution is -2.22. The van der Waals surface area contributed by atoms with Crippen molar-refractivity contribution < 1.29 is 21.6 Å². The summed E-state index contributed by atoms with van der Waals surface area (Å²) >= 11 is 0. The summed E-state index contributed by atoms with van der Waals surface area (Å²) in [5, 5.41) is 3.26. The Morgan fingerprint density at radius 3 is 2.39 bits per heavy atom. The van der Waals surface area contributed by atoms with E-state index >= 15 is 0 Å². The molecule has 7 heteroatoms. The molecule has 0 bridgehead atoms. The molecule has 0 aromatic rings. The first-order valence-corrected chi connectivity index (χ1v) is 8.11. The molecule has 1 N–H and O–H groups in total. The maximum absolute atomic E-state index is 11.9. The second kappa shape index (κ2) is 6.75. The van der Waals surface area contributed by atoms with Crippen molar-refractivity contribution in [1.82, 2.24) is 5.32 Å². The molecule has 1 saturated heterocycles. The van der Waals surface area contributed by atoms with Gasteiger partial charge in [-0.3, -0.25) is 0 Å². The van der Waals surface area contributed by atoms with Gasteiger partial charge in [-0.1, -0.05) is 0 Å². The van der Waals surface area contributed by atoms with E-state index in [1.807, 2.05) is 0 Å². The van der Waals surface area contributed by atoms with Gasteiger partial charge in [0, 0.05) is 12.5 Å². The fraction of sp³-hybridized carbons (Fsp3) is 1.00. The molecule has 0 radical (unpaired) electrons. The minimum Gasteiger partial charge on any atom is -0.314 e. The van der Waals surface area contributed by atoms with Crippen LogP contribution in [0.4, 0.5) is 13.2 Å². The van der Waals surface area contributed by atoms with Crippen molar-refractivity contribution in [2.24, 2.45) is 0 Å². The van der Waals surface area contributed by atoms with Crippen LogP contribution in [-0.2, 0) is 9.84 Å². The van der Waals surface area contributed by atoms with Crippen molar-refractivity contribution in [2.45, 2.75) is 50.7 Å². The zero-order valence-electron chi connectivity index (χ0n) is 10.3. The molecule has 0 aromatic carbocycles. The minimum absolute atomic E-state index is 0.00301. The van der Waals surface area contributed by atoms with Crippen molar-refractivity contribution >= 4 is 9.84 Å². The molecule has 1 atom stereocenters. The van der Waals surface area contributed by atoms with Crippen LogP contribution in [0.5, 0.6) is 0 Å². The standard InChI is InChI=1S/C11H20F3NO2S/c12-11(13,14)6-3-9-18(16,17)8-2-5-10-4-1-7-15-10/h10,15H,1-9H2/t10-/m0/s1. The van der Waals surface area contributed by atoms with E-state index in [1.165, 1.54) is 0 Å². The number of sulfone groups is 1. The number of halogens is 3. The topological polar surface area (TPSA) is 46.2 Å². The zero-order valence-corrected chi connectivity index (χ0v) is 11.1. The largest absolute Gasteiger partial charge is 0.389 e. The maximum atomic E-state index is 11.9. The predicted octanol–water partition coefficient (Wildman–Crippen LogP) is 2.28. The third-order valence-corrected chi connectivity index (χ3v) is 4.91. The molecule has 1 aliphatic heterocycles. The quantitative estimate of drug-likeness (QED) is 0.781. The van der Waals surface area contributed by atoms with Crippen LogP contribution in [0.1, 0.15) is 38.5 Å². The van der Waals surface area contributed by atoms with Crippen LogP contribution < -0.4 is 5.32 Å². The molecule has 0 unspecified atom stereocenters. The Morgan fingerprint density at radius 2 is 1.83 bits per heavy atom. The van der Waals surface area contributed by atoms with Crippen LogP contribution in [0.2, 0.25) is 0 Å². The Kier molecular flexibility index (Phi) is 5.91. The Hall–Kier alpha value is -0.300. The fourth-order valence-corrected chi connectivity index (χ4v) is 3.54. The second-order valence-corrected chi connectivity index (χ2v) is 7.11. The Labute approximate surface area is 106 Å². The van der Waals surface area contributed by atoms with Gasteiger partial charge in [0.15, 0.2) is 0 Å². The first-order chi connectivity index (χ1) is 8.29. The molecule has 1 aliphatic rings. The van der Waals surface area contributed by atoms with Crippen molar-refractivity contribution in [3.8, 4) is 0 Å². The van der Waals surface area contributed by atoms with Gasteiger partial charge in [-0.15, -0.1) is 0 Å². The van der Waals surface area contributed by atoms with Gasteiger partial charge in [0.1, 0.15) is 9.84 Å². The van der Waals surface area contributed by atoms with Crippen LogP contribution in [0, 0.1) is 0 Å². The van der Waals surface area contributed by atoms with Crippen molar-refractivity contribution in [3.63, 3.8) is 0 Å². The lowest BCUT2D eigenvalue weighted by Gasteiger charge is -2.10. The summed E-state index contributed by atoms with van der Waals surface area (Å²) in [6.45, 7) is 0.975. The summed E-state index contributed by atoms with van der Waals surface area (Å²) in [6.07, 6.45) is -2.10. The van der Waals surface area contributed by atoms with Crippen LogP contribution in [-0.4, -0.2) is 38.7 Å². The molecular formula is C11H20F3NO2S. The number of nitrogens with one attached hydrogen (secondary N) is 1. The Morgan fingerprint density at radius 1 is 1.17 bits per heavy atom. The fourth-order valence-electron chi connectivity index (χ4n) is 2.15. The first kappa shape index (κ1) is 15.8. The molecule has 1 rings (SSSR count). The van der Waals surface area contributed by atoms with E-state index in [0.29, 0.717) is 12.5 Å². The van der Waals surface area contributed by atoms with E-state index in [4.69, 9.17) is 0 Å². The smallest absolute Gasteiger partial charge is 0.314 e. The van der Waals surface area contributed by atoms with E-state index in [9.17, 15) is 21.6 Å². The van der Waals surface area contributed by atoms with Gasteiger partial charge in [-0.2, -0.15) is 13.2 Å². The number of alkyl halides is 3. The molecule has 0 aliphatic carbocycles. The van der Waals surface area contributed by atoms with Crippen LogP contribution in [0.3, 0.4) is 0 Å². The van der Waals surface area contributed by atoms with Gasteiger partial charge < -0.3 is 5.32 Å². The Bertz CT molecular complexity index is 335. The number of hydrogen-bond donors (Lipinski definition) is 1. The predicted molar refractivity (Wildman–Crippen MR) is 64.2 cm³/mol. The monoisotopic (exact) mass is 287 g/mol. The molecule has 3 nitrogen and oxygen atoms in total. The van der Waals surface area contributed by atoms with Gasteiger partial charge in [0.05, 0.1) is 11.5 Å². The highest BCUT2D eigenvalue weighted by molar-refractivity contribution is 7.91. The van der Waals surface area contributed by atoms with Gasteiger partial charge in [0.25, 0.3) is 0 Å². The second-order valence-electron chi connectivity index (χ2n) is 4.81. The van der Waals surface area contributed by atoms with E-state index in [-0.39, 0.29) is 17.9 Å². The minimum atomic E-state index is -4.26. The van der Waals surface area contributed by atoms with Crippen molar-refractivity contribution in [2.75, 3.05) is 18.1 Å². The highest BCUT2D eigenvalue weighted by Gasteiger charge is 2.27. The summed E-state index contributed by atoms with van der Waals surface area (Å²) in [5.74, 6) is -0.354. The van der Waals surface area contributed by atoms with Crippen molar-refractivity contribution in [1.29, 1.82) is 0 Å². The highest BCUT2D eigenvalue weighted by atomic mass is 32.2. The number of hydrogen-bond acceptors (Lipinski definition) is 3. The summed E-state index contributed by atoms with van der Waals surface area (Å²) in [6, 6.07) is 0.385. The third kappa shape index (κ3) is 7.20. The van der Waals surface area contributed by atoms with Gasteiger partial charge in [-0.05, 0) is 38.6 Å². The van der Waals surface area contributed by atoms with Crippen LogP contribution >= 0.6 is 0 Å². The summed E-state index contributed by atoms with van der Waals surface area (Å²) in [5.41, 5.74) is 0. The van der Waals surface area contributed by atoms with E-state index < -0.39 is 22.4 Å². The lowest BCUT2D eigenvalue weighted by molar-refractivity contribution is -0.134. The maximum Gasteiger partial charge on any atom is 0.389 e. The van der Waals surface area contributed by atoms with Gasteiger partial charge in [0.2, 0.25) is 0 Å². The summed E-state index contributed by atoms with van der Waals surface area (Å²) in [7, 11) is -3.32. The molecule has 0 saturated carbocycles. The normalized spacial score (nSPS) is 21.4. The molecule has 1 fully saturated rings. The lowest BCUT2D eigenvalue weighted by atomic mass is 10.1. The van der Waals surface area contributed by atoms with Crippen LogP contribution in [0.25, 0.3) is 0 Å². The van der Waals surface area contributed by atoms with E-state index in [2.05, 4.69) is 5.32 Å². The zero-order chi connectivity index (χ0) is 13.6. The highest BCUT2D eigenvalue weighted by Crippen LogP contribution is 2.21. The van der Waals surface area contributed by atoms with Gasteiger partial charge >= 0.3 is 6.18 Å². The molecule has 0 amide bonds. The average Bonchev–Trinajstić information content (AvgIpc) is 2.67. The van der Waals surface area contributed by atoms with E-state index in [1.54, 1.807) is 0 Å². The third-order valence-electron chi connectivity index (χ3n) is 3.09. The molecule has 0 spiro atoms. The number of rotatable bonds is 7. The molecular weight excluding hydrogens is 267 g/mol. The summed E-state index contributed by atoms with van der Waals surface area (Å²) < 4.78 is 58.7. The SMILES string of the molecule is O=S(=O)(CCC[C@@H]1CCCN1)CCCC(F)(F)F. The Balaban J connectivity index is 2.14. The summed E-state index contributed by atoms with van der Waals surface area (Å²) in [4.78, 5) is 0. The molecule has 0 aromatic heterocycles. The van der Waals surface area contributed by atoms with Crippen LogP contribution in [0.15, 0.2) is 0 Å². The van der Waals surface area contributed by atoms with Gasteiger partial charge in [-0.25, -0.2) is 8.42 Å². The van der Waals surface area contributed by atoms with E-state index in [0.717, 1.165) is 25.8 Å². The average molecular weight is 287 g/mol. The van der Waals surface area contributed by atoms with Crippen molar-refractivity contribution in [3.05, 3.63) is 0 Å².